The number of hydrazone groups is 1. The first kappa shape index (κ1) is 20.6. The molecule has 3 aromatic rings. The van der Waals surface area contributed by atoms with Gasteiger partial charge in [0.25, 0.3) is 11.5 Å². The van der Waals surface area contributed by atoms with Gasteiger partial charge in [0.15, 0.2) is 0 Å². The molecule has 0 saturated heterocycles. The molecule has 2 N–H and O–H groups in total. The molecule has 2 aromatic carbocycles. The third-order valence-corrected chi connectivity index (χ3v) is 5.06. The molecule has 10 heteroatoms. The highest BCUT2D eigenvalue weighted by Crippen LogP contribution is 2.27. The van der Waals surface area contributed by atoms with Gasteiger partial charge in [-0.25, -0.2) is 9.36 Å². The predicted octanol–water partition coefficient (Wildman–Crippen LogP) is 3.34. The first-order valence-electron chi connectivity index (χ1n) is 8.98. The number of hydrogen-bond donors (Lipinski definition) is 2. The molecule has 0 spiro atoms. The van der Waals surface area contributed by atoms with E-state index in [4.69, 9.17) is 23.2 Å². The van der Waals surface area contributed by atoms with Crippen LogP contribution >= 0.6 is 23.2 Å². The SMILES string of the molecule is CC1=NN(c2cccc(Cl)c2)C(=O)/C1=C\c1c(O)[nH]c(=O)n(-c2cccc(Cl)c2)c1=O. The van der Waals surface area contributed by atoms with Crippen LogP contribution in [0.2, 0.25) is 10.0 Å². The van der Waals surface area contributed by atoms with Gasteiger partial charge in [0.2, 0.25) is 5.88 Å². The van der Waals surface area contributed by atoms with Gasteiger partial charge in [-0.05, 0) is 49.4 Å². The number of amides is 1. The van der Waals surface area contributed by atoms with Crippen molar-refractivity contribution in [3.05, 3.63) is 90.6 Å². The molecular weight excluding hydrogens is 443 g/mol. The number of anilines is 1. The average molecular weight is 457 g/mol. The lowest BCUT2D eigenvalue weighted by Crippen LogP contribution is -2.35. The number of aromatic amines is 1. The van der Waals surface area contributed by atoms with Crippen LogP contribution < -0.4 is 16.3 Å². The minimum atomic E-state index is -0.851. The lowest BCUT2D eigenvalue weighted by molar-refractivity contribution is -0.114. The molecule has 0 saturated carbocycles. The van der Waals surface area contributed by atoms with Gasteiger partial charge in [0, 0.05) is 10.0 Å². The second-order valence-electron chi connectivity index (χ2n) is 6.65. The van der Waals surface area contributed by atoms with E-state index in [1.165, 1.54) is 18.2 Å². The monoisotopic (exact) mass is 456 g/mol. The van der Waals surface area contributed by atoms with Crippen LogP contribution in [-0.4, -0.2) is 26.3 Å². The van der Waals surface area contributed by atoms with E-state index < -0.39 is 23.0 Å². The lowest BCUT2D eigenvalue weighted by atomic mass is 10.1. The Morgan fingerprint density at radius 2 is 1.61 bits per heavy atom. The van der Waals surface area contributed by atoms with Crippen LogP contribution in [-0.2, 0) is 4.79 Å². The van der Waals surface area contributed by atoms with Crippen LogP contribution in [0.4, 0.5) is 5.69 Å². The Labute approximate surface area is 185 Å². The highest BCUT2D eigenvalue weighted by Gasteiger charge is 2.30. The van der Waals surface area contributed by atoms with Crippen LogP contribution in [0.1, 0.15) is 12.5 Å². The summed E-state index contributed by atoms with van der Waals surface area (Å²) in [7, 11) is 0. The second-order valence-corrected chi connectivity index (χ2v) is 7.53. The summed E-state index contributed by atoms with van der Waals surface area (Å²) in [5, 5.41) is 16.3. The molecule has 0 unspecified atom stereocenters. The number of halogens is 2. The summed E-state index contributed by atoms with van der Waals surface area (Å²) in [4.78, 5) is 40.5. The zero-order valence-electron chi connectivity index (χ0n) is 16.0. The number of nitrogens with zero attached hydrogens (tertiary/aromatic N) is 3. The summed E-state index contributed by atoms with van der Waals surface area (Å²) in [5.41, 5.74) is -0.885. The van der Waals surface area contributed by atoms with E-state index in [1.807, 2.05) is 0 Å². The molecule has 0 bridgehead atoms. The Hall–Kier alpha value is -3.62. The Kier molecular flexibility index (Phi) is 5.26. The van der Waals surface area contributed by atoms with Crippen molar-refractivity contribution >= 4 is 46.6 Å². The summed E-state index contributed by atoms with van der Waals surface area (Å²) in [6.45, 7) is 1.59. The molecule has 1 aromatic heterocycles. The van der Waals surface area contributed by atoms with Crippen molar-refractivity contribution in [1.29, 1.82) is 0 Å². The zero-order chi connectivity index (χ0) is 22.3. The fourth-order valence-electron chi connectivity index (χ4n) is 3.13. The van der Waals surface area contributed by atoms with Crippen LogP contribution in [0.3, 0.4) is 0 Å². The number of carbonyl (C=O) groups is 1. The Morgan fingerprint density at radius 1 is 1.00 bits per heavy atom. The molecule has 0 radical (unpaired) electrons. The fourth-order valence-corrected chi connectivity index (χ4v) is 3.50. The van der Waals surface area contributed by atoms with E-state index in [-0.39, 0.29) is 16.8 Å². The van der Waals surface area contributed by atoms with Crippen molar-refractivity contribution in [2.45, 2.75) is 6.92 Å². The Morgan fingerprint density at radius 3 is 2.26 bits per heavy atom. The van der Waals surface area contributed by atoms with Gasteiger partial charge in [0.05, 0.1) is 22.7 Å². The molecule has 0 aliphatic carbocycles. The number of hydrogen-bond acceptors (Lipinski definition) is 5. The molecule has 0 fully saturated rings. The summed E-state index contributed by atoms with van der Waals surface area (Å²) in [5.74, 6) is -1.18. The van der Waals surface area contributed by atoms with Gasteiger partial charge >= 0.3 is 5.69 Å². The number of rotatable bonds is 3. The van der Waals surface area contributed by atoms with Gasteiger partial charge in [0.1, 0.15) is 5.56 Å². The Balaban J connectivity index is 1.83. The number of H-pyrrole nitrogens is 1. The molecule has 156 valence electrons. The maximum atomic E-state index is 13.0. The molecule has 31 heavy (non-hydrogen) atoms. The van der Waals surface area contributed by atoms with E-state index in [0.717, 1.165) is 9.58 Å². The minimum Gasteiger partial charge on any atom is -0.494 e. The number of nitrogens with one attached hydrogen (secondary N) is 1. The third kappa shape index (κ3) is 3.78. The molecule has 1 aliphatic rings. The molecular formula is C21H14Cl2N4O4. The topological polar surface area (TPSA) is 108 Å². The van der Waals surface area contributed by atoms with Crippen molar-refractivity contribution in [1.82, 2.24) is 9.55 Å². The smallest absolute Gasteiger partial charge is 0.335 e. The van der Waals surface area contributed by atoms with Crippen molar-refractivity contribution in [3.63, 3.8) is 0 Å². The third-order valence-electron chi connectivity index (χ3n) is 4.59. The molecule has 4 rings (SSSR count). The molecule has 8 nitrogen and oxygen atoms in total. The van der Waals surface area contributed by atoms with Gasteiger partial charge in [-0.3, -0.25) is 14.6 Å². The first-order valence-corrected chi connectivity index (χ1v) is 9.73. The van der Waals surface area contributed by atoms with E-state index in [9.17, 15) is 19.5 Å². The van der Waals surface area contributed by atoms with E-state index in [0.29, 0.717) is 21.4 Å². The normalized spacial score (nSPS) is 14.9. The van der Waals surface area contributed by atoms with Gasteiger partial charge in [-0.2, -0.15) is 10.1 Å². The highest BCUT2D eigenvalue weighted by molar-refractivity contribution is 6.33. The molecule has 1 aliphatic heterocycles. The quantitative estimate of drug-likeness (QED) is 0.589. The number of aromatic nitrogens is 2. The van der Waals surface area contributed by atoms with Crippen molar-refractivity contribution in [2.24, 2.45) is 5.10 Å². The summed E-state index contributed by atoms with van der Waals surface area (Å²) >= 11 is 12.0. The number of carbonyl (C=O) groups excluding carboxylic acids is 1. The van der Waals surface area contributed by atoms with Crippen LogP contribution in [0, 0.1) is 0 Å². The lowest BCUT2D eigenvalue weighted by Gasteiger charge is -2.12. The van der Waals surface area contributed by atoms with Gasteiger partial charge < -0.3 is 5.11 Å². The average Bonchev–Trinajstić information content (AvgIpc) is 2.99. The van der Waals surface area contributed by atoms with E-state index in [2.05, 4.69) is 10.1 Å². The van der Waals surface area contributed by atoms with Crippen LogP contribution in [0.15, 0.2) is 68.8 Å². The van der Waals surface area contributed by atoms with Crippen LogP contribution in [0.25, 0.3) is 11.8 Å². The molecule has 0 atom stereocenters. The van der Waals surface area contributed by atoms with Crippen molar-refractivity contribution in [3.8, 4) is 11.6 Å². The fraction of sp³-hybridized carbons (Fsp3) is 0.0476. The molecule has 2 heterocycles. The zero-order valence-corrected chi connectivity index (χ0v) is 17.5. The summed E-state index contributed by atoms with van der Waals surface area (Å²) in [6.07, 6.45) is 1.19. The van der Waals surface area contributed by atoms with Crippen LogP contribution in [0.5, 0.6) is 5.88 Å². The van der Waals surface area contributed by atoms with Crippen molar-refractivity contribution < 1.29 is 9.90 Å². The standard InChI is InChI=1S/C21H14Cl2N4O4/c1-11-16(20(30)27(25-11)15-7-3-5-13(23)9-15)10-17-18(28)24-21(31)26(19(17)29)14-6-2-4-12(22)8-14/h2-10,28H,1H3,(H,24,31)/b16-10-. The largest absolute Gasteiger partial charge is 0.494 e. The van der Waals surface area contributed by atoms with E-state index in [1.54, 1.807) is 43.3 Å². The highest BCUT2D eigenvalue weighted by atomic mass is 35.5. The summed E-state index contributed by atoms with van der Waals surface area (Å²) < 4.78 is 0.818. The maximum absolute atomic E-state index is 13.0. The van der Waals surface area contributed by atoms with Crippen molar-refractivity contribution in [2.75, 3.05) is 5.01 Å². The first-order chi connectivity index (χ1) is 14.8. The number of aromatic hydroxyl groups is 1. The Bertz CT molecular complexity index is 1400. The van der Waals surface area contributed by atoms with E-state index >= 15 is 0 Å². The maximum Gasteiger partial charge on any atom is 0.335 e. The summed E-state index contributed by atoms with van der Waals surface area (Å²) in [6, 6.07) is 12.7. The van der Waals surface area contributed by atoms with Gasteiger partial charge in [-0.15, -0.1) is 0 Å². The van der Waals surface area contributed by atoms with Gasteiger partial charge in [-0.1, -0.05) is 35.3 Å². The number of benzene rings is 2. The predicted molar refractivity (Wildman–Crippen MR) is 119 cm³/mol. The second kappa shape index (κ2) is 7.90. The minimum absolute atomic E-state index is 0.0806. The molecule has 1 amide bonds.